The molecule has 6 nitrogen and oxygen atoms in total. The minimum absolute atomic E-state index is 0.168. The smallest absolute Gasteiger partial charge is 0.226 e. The number of anilines is 2. The predicted molar refractivity (Wildman–Crippen MR) is 105 cm³/mol. The number of rotatable bonds is 8. The fourth-order valence-electron chi connectivity index (χ4n) is 3.63. The number of Topliss-reactive ketones (excluding diaryl/α,β-unsaturated/α-hetero) is 1. The highest BCUT2D eigenvalue weighted by Crippen LogP contribution is 2.28. The van der Waals surface area contributed by atoms with Gasteiger partial charge in [-0.25, -0.2) is 0 Å². The summed E-state index contributed by atoms with van der Waals surface area (Å²) < 4.78 is 1.94. The Balaban J connectivity index is 1.80. The molecule has 0 aromatic carbocycles. The molecule has 1 atom stereocenters. The first-order chi connectivity index (χ1) is 12.7. The highest BCUT2D eigenvalue weighted by Gasteiger charge is 2.22. The first kappa shape index (κ1) is 18.4. The van der Waals surface area contributed by atoms with E-state index in [4.69, 9.17) is 0 Å². The van der Waals surface area contributed by atoms with Crippen molar-refractivity contribution < 1.29 is 4.79 Å². The summed E-state index contributed by atoms with van der Waals surface area (Å²) in [6.45, 7) is 4.42. The van der Waals surface area contributed by atoms with Crippen molar-refractivity contribution in [2.75, 3.05) is 17.2 Å². The van der Waals surface area contributed by atoms with Crippen LogP contribution in [0.1, 0.15) is 52.4 Å². The molecule has 0 amide bonds. The molecule has 26 heavy (non-hydrogen) atoms. The average molecular weight is 355 g/mol. The Morgan fingerprint density at radius 3 is 2.62 bits per heavy atom. The van der Waals surface area contributed by atoms with Crippen molar-refractivity contribution >= 4 is 17.5 Å². The molecular formula is C20H29N5O. The maximum atomic E-state index is 12.2. The lowest BCUT2D eigenvalue weighted by molar-refractivity contribution is -0.118. The maximum Gasteiger partial charge on any atom is 0.226 e. The van der Waals surface area contributed by atoms with Crippen molar-refractivity contribution in [2.45, 2.75) is 58.4 Å². The normalized spacial score (nSPS) is 16.2. The molecule has 1 saturated carbocycles. The Morgan fingerprint density at radius 2 is 1.96 bits per heavy atom. The summed E-state index contributed by atoms with van der Waals surface area (Å²) in [5.41, 5.74) is 0. The third-order valence-corrected chi connectivity index (χ3v) is 5.02. The van der Waals surface area contributed by atoms with E-state index in [1.807, 2.05) is 42.1 Å². The quantitative estimate of drug-likeness (QED) is 0.748. The largest absolute Gasteiger partial charge is 0.360 e. The van der Waals surface area contributed by atoms with Gasteiger partial charge < -0.3 is 15.2 Å². The molecule has 140 valence electrons. The van der Waals surface area contributed by atoms with E-state index in [9.17, 15) is 4.79 Å². The number of nitrogens with one attached hydrogen (secondary N) is 2. The second kappa shape index (κ2) is 8.83. The average Bonchev–Trinajstić information content (AvgIpc) is 3.17. The summed E-state index contributed by atoms with van der Waals surface area (Å²) in [5.74, 6) is 2.84. The van der Waals surface area contributed by atoms with Crippen LogP contribution < -0.4 is 10.6 Å². The summed E-state index contributed by atoms with van der Waals surface area (Å²) in [7, 11) is 0. The van der Waals surface area contributed by atoms with E-state index in [1.165, 1.54) is 32.1 Å². The van der Waals surface area contributed by atoms with Crippen LogP contribution in [0, 0.1) is 5.92 Å². The van der Waals surface area contributed by atoms with Gasteiger partial charge in [0.2, 0.25) is 5.95 Å². The van der Waals surface area contributed by atoms with Gasteiger partial charge in [-0.3, -0.25) is 4.79 Å². The molecule has 0 unspecified atom stereocenters. The predicted octanol–water partition coefficient (Wildman–Crippen LogP) is 4.04. The lowest BCUT2D eigenvalue weighted by Gasteiger charge is -2.26. The zero-order chi connectivity index (χ0) is 18.4. The van der Waals surface area contributed by atoms with Gasteiger partial charge in [-0.1, -0.05) is 32.1 Å². The minimum Gasteiger partial charge on any atom is -0.360 e. The summed E-state index contributed by atoms with van der Waals surface area (Å²) in [4.78, 5) is 21.3. The van der Waals surface area contributed by atoms with Crippen molar-refractivity contribution in [3.63, 3.8) is 0 Å². The molecule has 0 aliphatic heterocycles. The molecule has 1 fully saturated rings. The number of aromatic nitrogens is 3. The number of ketones is 1. The highest BCUT2D eigenvalue weighted by atomic mass is 16.1. The molecule has 0 spiro atoms. The van der Waals surface area contributed by atoms with Gasteiger partial charge in [0.15, 0.2) is 5.78 Å². The lowest BCUT2D eigenvalue weighted by Crippen LogP contribution is -2.31. The van der Waals surface area contributed by atoms with Gasteiger partial charge in [0.25, 0.3) is 0 Å². The fourth-order valence-corrected chi connectivity index (χ4v) is 3.63. The Hall–Kier alpha value is -2.37. The van der Waals surface area contributed by atoms with E-state index in [-0.39, 0.29) is 11.8 Å². The molecule has 2 heterocycles. The van der Waals surface area contributed by atoms with Crippen LogP contribution in [-0.4, -0.2) is 32.9 Å². The van der Waals surface area contributed by atoms with Crippen LogP contribution in [0.5, 0.6) is 0 Å². The molecule has 0 saturated heterocycles. The zero-order valence-electron chi connectivity index (χ0n) is 15.7. The Morgan fingerprint density at radius 1 is 1.23 bits per heavy atom. The number of hydrogen-bond donors (Lipinski definition) is 2. The van der Waals surface area contributed by atoms with Crippen molar-refractivity contribution in [3.8, 4) is 5.82 Å². The summed E-state index contributed by atoms with van der Waals surface area (Å²) in [5, 5.41) is 6.55. The second-order valence-electron chi connectivity index (χ2n) is 7.10. The van der Waals surface area contributed by atoms with E-state index < -0.39 is 0 Å². The SMILES string of the molecule is CCNc1nc(N[C@H](CC2CCCCC2)C(C)=O)cc(-n2cccc2)n1. The highest BCUT2D eigenvalue weighted by molar-refractivity contribution is 5.84. The summed E-state index contributed by atoms with van der Waals surface area (Å²) in [6, 6.07) is 5.63. The van der Waals surface area contributed by atoms with Crippen molar-refractivity contribution in [1.82, 2.24) is 14.5 Å². The maximum absolute atomic E-state index is 12.2. The molecule has 6 heteroatoms. The van der Waals surface area contributed by atoms with Crippen LogP contribution in [0.25, 0.3) is 5.82 Å². The molecule has 2 aromatic rings. The zero-order valence-corrected chi connectivity index (χ0v) is 15.7. The molecule has 3 rings (SSSR count). The van der Waals surface area contributed by atoms with Gasteiger partial charge in [-0.05, 0) is 38.3 Å². The summed E-state index contributed by atoms with van der Waals surface area (Å²) >= 11 is 0. The van der Waals surface area contributed by atoms with Crippen LogP contribution in [0.2, 0.25) is 0 Å². The van der Waals surface area contributed by atoms with Crippen LogP contribution >= 0.6 is 0 Å². The van der Waals surface area contributed by atoms with Gasteiger partial charge in [0.1, 0.15) is 11.6 Å². The van der Waals surface area contributed by atoms with Crippen LogP contribution in [0.4, 0.5) is 11.8 Å². The summed E-state index contributed by atoms with van der Waals surface area (Å²) in [6.07, 6.45) is 11.1. The number of carbonyl (C=O) groups excluding carboxylic acids is 1. The standard InChI is InChI=1S/C20H29N5O/c1-3-21-20-23-18(14-19(24-20)25-11-7-8-12-25)22-17(15(2)26)13-16-9-5-4-6-10-16/h7-8,11-12,14,16-17H,3-6,9-10,13H2,1-2H3,(H2,21,22,23,24)/t17-/m1/s1. The van der Waals surface area contributed by atoms with Crippen LogP contribution in [-0.2, 0) is 4.79 Å². The minimum atomic E-state index is -0.194. The van der Waals surface area contributed by atoms with Gasteiger partial charge >= 0.3 is 0 Å². The molecule has 1 aliphatic rings. The first-order valence-corrected chi connectivity index (χ1v) is 9.69. The van der Waals surface area contributed by atoms with Crippen molar-refractivity contribution in [2.24, 2.45) is 5.92 Å². The Bertz CT molecular complexity index is 707. The molecule has 0 bridgehead atoms. The van der Waals surface area contributed by atoms with E-state index in [0.717, 1.165) is 18.8 Å². The van der Waals surface area contributed by atoms with Crippen LogP contribution in [0.15, 0.2) is 30.6 Å². The third-order valence-electron chi connectivity index (χ3n) is 5.02. The second-order valence-corrected chi connectivity index (χ2v) is 7.10. The van der Waals surface area contributed by atoms with Crippen molar-refractivity contribution in [1.29, 1.82) is 0 Å². The van der Waals surface area contributed by atoms with E-state index in [2.05, 4.69) is 20.6 Å². The van der Waals surface area contributed by atoms with E-state index in [1.54, 1.807) is 6.92 Å². The molecule has 1 aliphatic carbocycles. The number of hydrogen-bond acceptors (Lipinski definition) is 5. The molecule has 2 N–H and O–H groups in total. The first-order valence-electron chi connectivity index (χ1n) is 9.69. The molecule has 0 radical (unpaired) electrons. The third kappa shape index (κ3) is 4.84. The molecule has 2 aromatic heterocycles. The Labute approximate surface area is 155 Å². The van der Waals surface area contributed by atoms with Gasteiger partial charge in [0.05, 0.1) is 6.04 Å². The fraction of sp³-hybridized carbons (Fsp3) is 0.550. The Kier molecular flexibility index (Phi) is 6.26. The lowest BCUT2D eigenvalue weighted by atomic mass is 9.84. The number of carbonyl (C=O) groups is 1. The van der Waals surface area contributed by atoms with E-state index in [0.29, 0.717) is 17.7 Å². The van der Waals surface area contributed by atoms with E-state index >= 15 is 0 Å². The van der Waals surface area contributed by atoms with Crippen LogP contribution in [0.3, 0.4) is 0 Å². The topological polar surface area (TPSA) is 71.8 Å². The number of nitrogens with zero attached hydrogens (tertiary/aromatic N) is 3. The molecular weight excluding hydrogens is 326 g/mol. The van der Waals surface area contributed by atoms with Crippen molar-refractivity contribution in [3.05, 3.63) is 30.6 Å². The van der Waals surface area contributed by atoms with Gasteiger partial charge in [-0.15, -0.1) is 0 Å². The monoisotopic (exact) mass is 355 g/mol. The van der Waals surface area contributed by atoms with Gasteiger partial charge in [0, 0.05) is 25.0 Å². The van der Waals surface area contributed by atoms with Gasteiger partial charge in [-0.2, -0.15) is 9.97 Å².